The summed E-state index contributed by atoms with van der Waals surface area (Å²) >= 11 is 0. The van der Waals surface area contributed by atoms with Gasteiger partial charge in [0.25, 0.3) is 5.97 Å². The van der Waals surface area contributed by atoms with E-state index in [1.807, 2.05) is 0 Å². The molecule has 3 nitrogen and oxygen atoms in total. The summed E-state index contributed by atoms with van der Waals surface area (Å²) in [5.74, 6) is -0.833. The molecule has 0 unspecified atom stereocenters. The van der Waals surface area contributed by atoms with Crippen LogP contribution in [0.25, 0.3) is 0 Å². The molecule has 0 amide bonds. The van der Waals surface area contributed by atoms with Crippen LogP contribution in [0.5, 0.6) is 0 Å². The number of carboxylic acids is 1. The fourth-order valence-electron chi connectivity index (χ4n) is 0. The van der Waals surface area contributed by atoms with Crippen LogP contribution in [0.1, 0.15) is 6.92 Å². The smallest absolute Gasteiger partial charge is 0.300 e. The molecule has 0 bridgehead atoms. The normalized spacial score (nSPS) is 4.17. The zero-order valence-corrected chi connectivity index (χ0v) is 4.70. The van der Waals surface area contributed by atoms with Gasteiger partial charge in [0.1, 0.15) is 0 Å². The predicted octanol–water partition coefficient (Wildman–Crippen LogP) is -0.736. The van der Waals surface area contributed by atoms with Crippen LogP contribution in [0.3, 0.4) is 0 Å². The van der Waals surface area contributed by atoms with Crippen LogP contribution in [0.4, 0.5) is 0 Å². The Bertz CT molecular complexity index is 31.8. The fourth-order valence-corrected chi connectivity index (χ4v) is 0. The van der Waals surface area contributed by atoms with Gasteiger partial charge in [-0.1, -0.05) is 0 Å². The molecule has 0 rings (SSSR count). The van der Waals surface area contributed by atoms with Gasteiger partial charge in [0, 0.05) is 25.5 Å². The number of carboxylic acid groups (broad SMARTS) is 1. The van der Waals surface area contributed by atoms with Crippen molar-refractivity contribution in [3.05, 3.63) is 0 Å². The maximum absolute atomic E-state index is 9.00. The molecule has 0 aromatic carbocycles. The summed E-state index contributed by atoms with van der Waals surface area (Å²) < 4.78 is 0. The van der Waals surface area contributed by atoms with Crippen molar-refractivity contribution in [2.24, 2.45) is 0 Å². The van der Waals surface area contributed by atoms with E-state index < -0.39 is 5.97 Å². The second kappa shape index (κ2) is 8.89. The number of carbonyl (C=O) groups is 1. The second-order valence-corrected chi connectivity index (χ2v) is 0.519. The van der Waals surface area contributed by atoms with Crippen molar-refractivity contribution in [2.75, 3.05) is 0 Å². The third-order valence-corrected chi connectivity index (χ3v) is 0. The van der Waals surface area contributed by atoms with Gasteiger partial charge in [-0.15, -0.1) is 0 Å². The van der Waals surface area contributed by atoms with Gasteiger partial charge in [-0.2, -0.15) is 0 Å². The minimum Gasteiger partial charge on any atom is -0.481 e. The van der Waals surface area contributed by atoms with E-state index in [1.165, 1.54) is 0 Å². The third kappa shape index (κ3) is 176000. The molecule has 0 aromatic heterocycles. The summed E-state index contributed by atoms with van der Waals surface area (Å²) in [5, 5.41) is 7.42. The first-order chi connectivity index (χ1) is 1.73. The molecule has 37 valence electrons. The van der Waals surface area contributed by atoms with Crippen LogP contribution in [0, 0.1) is 0 Å². The van der Waals surface area contributed by atoms with E-state index in [1.54, 1.807) is 0 Å². The summed E-state index contributed by atoms with van der Waals surface area (Å²) in [6, 6.07) is 0. The Morgan fingerprint density at radius 3 is 1.67 bits per heavy atom. The SMILES string of the molecule is CC(=O)O.O.[V]. The van der Waals surface area contributed by atoms with E-state index >= 15 is 0 Å². The van der Waals surface area contributed by atoms with E-state index in [2.05, 4.69) is 0 Å². The van der Waals surface area contributed by atoms with Gasteiger partial charge in [-0.05, 0) is 0 Å². The maximum Gasteiger partial charge on any atom is 0.300 e. The molecule has 0 spiro atoms. The van der Waals surface area contributed by atoms with E-state index in [0.717, 1.165) is 6.92 Å². The molecule has 6 heavy (non-hydrogen) atoms. The molecule has 1 radical (unpaired) electrons. The molecule has 3 N–H and O–H groups in total. The largest absolute Gasteiger partial charge is 0.481 e. The molecule has 0 atom stereocenters. The molecule has 0 heterocycles. The van der Waals surface area contributed by atoms with Crippen molar-refractivity contribution in [2.45, 2.75) is 6.92 Å². The Morgan fingerprint density at radius 2 is 1.67 bits per heavy atom. The summed E-state index contributed by atoms with van der Waals surface area (Å²) in [6.07, 6.45) is 0. The first-order valence-electron chi connectivity index (χ1n) is 0.928. The summed E-state index contributed by atoms with van der Waals surface area (Å²) in [7, 11) is 0. The van der Waals surface area contributed by atoms with Gasteiger partial charge < -0.3 is 10.6 Å². The van der Waals surface area contributed by atoms with Crippen molar-refractivity contribution >= 4 is 5.97 Å². The van der Waals surface area contributed by atoms with Crippen molar-refractivity contribution < 1.29 is 33.9 Å². The van der Waals surface area contributed by atoms with E-state index in [-0.39, 0.29) is 24.0 Å². The van der Waals surface area contributed by atoms with E-state index in [9.17, 15) is 0 Å². The number of hydrogen-bond acceptors (Lipinski definition) is 1. The van der Waals surface area contributed by atoms with Crippen molar-refractivity contribution in [3.8, 4) is 0 Å². The molecule has 0 aliphatic rings. The number of rotatable bonds is 0. The zero-order valence-electron chi connectivity index (χ0n) is 3.30. The van der Waals surface area contributed by atoms with Crippen molar-refractivity contribution in [3.63, 3.8) is 0 Å². The molecule has 0 aliphatic carbocycles. The second-order valence-electron chi connectivity index (χ2n) is 0.519. The summed E-state index contributed by atoms with van der Waals surface area (Å²) in [5.41, 5.74) is 0. The van der Waals surface area contributed by atoms with Gasteiger partial charge in [0.2, 0.25) is 0 Å². The van der Waals surface area contributed by atoms with Crippen molar-refractivity contribution in [1.82, 2.24) is 0 Å². The third-order valence-electron chi connectivity index (χ3n) is 0. The molecule has 0 saturated heterocycles. The first-order valence-corrected chi connectivity index (χ1v) is 0.928. The monoisotopic (exact) mass is 129 g/mol. The minimum atomic E-state index is -0.833. The molecule has 0 aliphatic heterocycles. The Labute approximate surface area is 47.5 Å². The quantitative estimate of drug-likeness (QED) is 0.468. The summed E-state index contributed by atoms with van der Waals surface area (Å²) in [4.78, 5) is 9.00. The molecule has 0 fully saturated rings. The van der Waals surface area contributed by atoms with Crippen LogP contribution < -0.4 is 0 Å². The Balaban J connectivity index is -0.0000000450. The van der Waals surface area contributed by atoms with Crippen LogP contribution in [-0.2, 0) is 23.4 Å². The zero-order chi connectivity index (χ0) is 3.58. The summed E-state index contributed by atoms with van der Waals surface area (Å²) in [6.45, 7) is 1.08. The van der Waals surface area contributed by atoms with Crippen LogP contribution in [0.2, 0.25) is 0 Å². The van der Waals surface area contributed by atoms with Gasteiger partial charge in [-0.3, -0.25) is 4.79 Å². The maximum atomic E-state index is 9.00. The average Bonchev–Trinajstić information content (AvgIpc) is 0.811. The Kier molecular flexibility index (Phi) is 24.7. The van der Waals surface area contributed by atoms with Crippen LogP contribution in [-0.4, -0.2) is 16.6 Å². The molecular formula is C2H6O3V. The van der Waals surface area contributed by atoms with Crippen molar-refractivity contribution in [1.29, 1.82) is 0 Å². The topological polar surface area (TPSA) is 68.8 Å². The van der Waals surface area contributed by atoms with E-state index in [4.69, 9.17) is 9.90 Å². The average molecular weight is 129 g/mol. The van der Waals surface area contributed by atoms with Crippen LogP contribution >= 0.6 is 0 Å². The first kappa shape index (κ1) is 16.6. The Hall–Kier alpha value is 0.0144. The Morgan fingerprint density at radius 1 is 1.67 bits per heavy atom. The standard InChI is InChI=1S/C2H4O2.H2O.V/c1-2(3)4;;/h1H3,(H,3,4);1H2;. The van der Waals surface area contributed by atoms with Gasteiger partial charge in [0.05, 0.1) is 0 Å². The molecule has 0 aromatic rings. The molecular weight excluding hydrogens is 123 g/mol. The number of aliphatic carboxylic acids is 1. The predicted molar refractivity (Wildman–Crippen MR) is 16.9 cm³/mol. The molecule has 4 heteroatoms. The van der Waals surface area contributed by atoms with Gasteiger partial charge in [0.15, 0.2) is 0 Å². The fraction of sp³-hybridized carbons (Fsp3) is 0.500. The van der Waals surface area contributed by atoms with Gasteiger partial charge in [-0.25, -0.2) is 0 Å². The van der Waals surface area contributed by atoms with Crippen LogP contribution in [0.15, 0.2) is 0 Å². The minimum absolute atomic E-state index is 0. The number of hydrogen-bond donors (Lipinski definition) is 1. The molecule has 0 saturated carbocycles. The van der Waals surface area contributed by atoms with Gasteiger partial charge >= 0.3 is 0 Å². The van der Waals surface area contributed by atoms with E-state index in [0.29, 0.717) is 0 Å².